The summed E-state index contributed by atoms with van der Waals surface area (Å²) in [6, 6.07) is 10.3. The third-order valence-corrected chi connectivity index (χ3v) is 7.04. The number of carbonyl (C=O) groups excluding carboxylic acids is 2. The number of nitrogens with one attached hydrogen (secondary N) is 1. The van der Waals surface area contributed by atoms with E-state index in [1.807, 2.05) is 0 Å². The highest BCUT2D eigenvalue weighted by Crippen LogP contribution is 2.30. The number of halogens is 1. The molecular weight excluding hydrogens is 490 g/mol. The van der Waals surface area contributed by atoms with Crippen molar-refractivity contribution < 1.29 is 19.1 Å². The number of aromatic nitrogens is 1. The quantitative estimate of drug-likeness (QED) is 0.331. The Morgan fingerprint density at radius 3 is 2.63 bits per heavy atom. The molecule has 0 aliphatic rings. The van der Waals surface area contributed by atoms with E-state index in [1.165, 1.54) is 23.8 Å². The summed E-state index contributed by atoms with van der Waals surface area (Å²) >= 11 is 7.12. The maximum Gasteiger partial charge on any atom is 0.257 e. The van der Waals surface area contributed by atoms with Crippen LogP contribution in [0.5, 0.6) is 0 Å². The van der Waals surface area contributed by atoms with Gasteiger partial charge in [0, 0.05) is 41.8 Å². The number of hydrogen-bond acceptors (Lipinski definition) is 7. The Morgan fingerprint density at radius 1 is 1.23 bits per heavy atom. The Morgan fingerprint density at radius 2 is 1.97 bits per heavy atom. The summed E-state index contributed by atoms with van der Waals surface area (Å²) in [6.45, 7) is 0.439. The standard InChI is InChI=1S/C25H24ClN3O5S/c1-28(12-19(31)20-4-3-9-34-20)13-21-18(14-30)22-24(35-21)23(32)17(11-29(22)2)25(33)27-10-15-5-7-16(26)8-6-15/h3-9,11,30H,10,12-14H2,1-2H3,(H,27,33). The van der Waals surface area contributed by atoms with Crippen molar-refractivity contribution in [2.24, 2.45) is 7.05 Å². The first-order valence-corrected chi connectivity index (χ1v) is 12.0. The van der Waals surface area contributed by atoms with Crippen LogP contribution in [0.3, 0.4) is 0 Å². The van der Waals surface area contributed by atoms with Gasteiger partial charge in [-0.1, -0.05) is 23.7 Å². The number of rotatable bonds is 9. The highest BCUT2D eigenvalue weighted by Gasteiger charge is 2.22. The monoisotopic (exact) mass is 513 g/mol. The number of benzene rings is 1. The summed E-state index contributed by atoms with van der Waals surface area (Å²) in [5.74, 6) is -0.374. The van der Waals surface area contributed by atoms with Crippen LogP contribution in [0.2, 0.25) is 5.02 Å². The Labute approximate surface area is 210 Å². The van der Waals surface area contributed by atoms with Crippen molar-refractivity contribution in [2.45, 2.75) is 19.7 Å². The number of aliphatic hydroxyl groups excluding tert-OH is 1. The van der Waals surface area contributed by atoms with Gasteiger partial charge in [0.2, 0.25) is 11.2 Å². The number of Topliss-reactive ketones (excluding diaryl/α,β-unsaturated/α-hetero) is 1. The molecule has 182 valence electrons. The second kappa shape index (κ2) is 10.6. The van der Waals surface area contributed by atoms with Crippen LogP contribution in [0.15, 0.2) is 58.1 Å². The third-order valence-electron chi connectivity index (χ3n) is 5.58. The Balaban J connectivity index is 1.58. The number of hydrogen-bond donors (Lipinski definition) is 2. The van der Waals surface area contributed by atoms with Gasteiger partial charge in [-0.25, -0.2) is 0 Å². The lowest BCUT2D eigenvalue weighted by Gasteiger charge is -2.15. The van der Waals surface area contributed by atoms with E-state index < -0.39 is 11.3 Å². The van der Waals surface area contributed by atoms with Crippen LogP contribution in [0.25, 0.3) is 10.2 Å². The molecule has 1 amide bonds. The van der Waals surface area contributed by atoms with Crippen molar-refractivity contribution in [3.8, 4) is 0 Å². The first-order valence-electron chi connectivity index (χ1n) is 10.8. The second-order valence-electron chi connectivity index (χ2n) is 8.20. The molecule has 0 aliphatic carbocycles. The minimum absolute atomic E-state index is 0.0209. The molecule has 1 aromatic carbocycles. The van der Waals surface area contributed by atoms with E-state index in [0.717, 1.165) is 10.4 Å². The zero-order valence-corrected chi connectivity index (χ0v) is 20.8. The van der Waals surface area contributed by atoms with Gasteiger partial charge in [-0.2, -0.15) is 0 Å². The molecule has 4 aromatic rings. The molecule has 0 saturated carbocycles. The van der Waals surface area contributed by atoms with Crippen LogP contribution in [-0.2, 0) is 26.7 Å². The van der Waals surface area contributed by atoms with E-state index >= 15 is 0 Å². The number of furan rings is 1. The second-order valence-corrected chi connectivity index (χ2v) is 9.75. The fourth-order valence-electron chi connectivity index (χ4n) is 3.86. The van der Waals surface area contributed by atoms with Gasteiger partial charge in [0.1, 0.15) is 5.56 Å². The van der Waals surface area contributed by atoms with Crippen LogP contribution in [0.4, 0.5) is 0 Å². The van der Waals surface area contributed by atoms with Gasteiger partial charge in [-0.15, -0.1) is 11.3 Å². The summed E-state index contributed by atoms with van der Waals surface area (Å²) in [5.41, 5.74) is 1.67. The van der Waals surface area contributed by atoms with E-state index in [1.54, 1.807) is 60.0 Å². The topological polar surface area (TPSA) is 105 Å². The van der Waals surface area contributed by atoms with Crippen molar-refractivity contribution >= 4 is 44.8 Å². The lowest BCUT2D eigenvalue weighted by Crippen LogP contribution is -2.29. The van der Waals surface area contributed by atoms with Crippen LogP contribution in [0, 0.1) is 0 Å². The molecule has 0 spiro atoms. The normalized spacial score (nSPS) is 11.3. The summed E-state index contributed by atoms with van der Waals surface area (Å²) in [4.78, 5) is 41.0. The molecular formula is C25H24ClN3O5S. The van der Waals surface area contributed by atoms with Gasteiger partial charge in [0.15, 0.2) is 5.76 Å². The number of likely N-dealkylation sites (N-methyl/N-ethyl adjacent to an activating group) is 1. The average molecular weight is 514 g/mol. The highest BCUT2D eigenvalue weighted by atomic mass is 35.5. The Bertz CT molecular complexity index is 1420. The highest BCUT2D eigenvalue weighted by molar-refractivity contribution is 7.19. The molecule has 10 heteroatoms. The van der Waals surface area contributed by atoms with E-state index in [0.29, 0.717) is 27.3 Å². The smallest absolute Gasteiger partial charge is 0.257 e. The number of aliphatic hydroxyl groups is 1. The lowest BCUT2D eigenvalue weighted by molar-refractivity contribution is 0.0914. The summed E-state index contributed by atoms with van der Waals surface area (Å²) in [7, 11) is 3.51. The molecule has 0 aliphatic heterocycles. The first-order chi connectivity index (χ1) is 16.8. The van der Waals surface area contributed by atoms with E-state index in [4.69, 9.17) is 16.0 Å². The average Bonchev–Trinajstić information content (AvgIpc) is 3.49. The minimum atomic E-state index is -0.482. The van der Waals surface area contributed by atoms with Gasteiger partial charge < -0.3 is 19.4 Å². The molecule has 8 nitrogen and oxygen atoms in total. The molecule has 3 aromatic heterocycles. The van der Waals surface area contributed by atoms with Crippen LogP contribution in [0.1, 0.15) is 36.9 Å². The zero-order chi connectivity index (χ0) is 25.1. The van der Waals surface area contributed by atoms with Gasteiger partial charge in [0.25, 0.3) is 5.91 Å². The molecule has 4 rings (SSSR count). The number of thiophene rings is 1. The Kier molecular flexibility index (Phi) is 7.51. The summed E-state index contributed by atoms with van der Waals surface area (Å²) in [5, 5.41) is 13.5. The molecule has 0 bridgehead atoms. The lowest BCUT2D eigenvalue weighted by atomic mass is 10.1. The minimum Gasteiger partial charge on any atom is -0.461 e. The van der Waals surface area contributed by atoms with Crippen molar-refractivity contribution in [2.75, 3.05) is 13.6 Å². The number of amides is 1. The number of pyridine rings is 1. The molecule has 2 N–H and O–H groups in total. The van der Waals surface area contributed by atoms with Crippen LogP contribution in [-0.4, -0.2) is 39.9 Å². The van der Waals surface area contributed by atoms with Gasteiger partial charge in [-0.05, 0) is 36.9 Å². The van der Waals surface area contributed by atoms with Crippen molar-refractivity contribution in [1.29, 1.82) is 0 Å². The Hall–Kier alpha value is -3.24. The zero-order valence-electron chi connectivity index (χ0n) is 19.2. The molecule has 0 radical (unpaired) electrons. The number of carbonyl (C=O) groups is 2. The summed E-state index contributed by atoms with van der Waals surface area (Å²) in [6.07, 6.45) is 2.93. The maximum absolute atomic E-state index is 13.2. The van der Waals surface area contributed by atoms with Gasteiger partial charge in [0.05, 0.1) is 29.6 Å². The summed E-state index contributed by atoms with van der Waals surface area (Å²) < 4.78 is 7.23. The third kappa shape index (κ3) is 5.38. The van der Waals surface area contributed by atoms with Gasteiger partial charge in [-0.3, -0.25) is 19.3 Å². The molecule has 35 heavy (non-hydrogen) atoms. The van der Waals surface area contributed by atoms with Gasteiger partial charge >= 0.3 is 0 Å². The fourth-order valence-corrected chi connectivity index (χ4v) is 5.37. The fraction of sp³-hybridized carbons (Fsp3) is 0.240. The number of aryl methyl sites for hydroxylation is 1. The SMILES string of the molecule is CN(CC(=O)c1ccco1)Cc1sc2c(=O)c(C(=O)NCc3ccc(Cl)cc3)cn(C)c2c1CO. The predicted molar refractivity (Wildman–Crippen MR) is 135 cm³/mol. The van der Waals surface area contributed by atoms with Crippen LogP contribution >= 0.6 is 22.9 Å². The van der Waals surface area contributed by atoms with E-state index in [2.05, 4.69) is 5.32 Å². The number of ketones is 1. The largest absolute Gasteiger partial charge is 0.461 e. The van der Waals surface area contributed by atoms with Crippen molar-refractivity contribution in [3.05, 3.63) is 91.4 Å². The molecule has 0 fully saturated rings. The van der Waals surface area contributed by atoms with E-state index in [9.17, 15) is 19.5 Å². The van der Waals surface area contributed by atoms with Crippen molar-refractivity contribution in [1.82, 2.24) is 14.8 Å². The van der Waals surface area contributed by atoms with Crippen LogP contribution < -0.4 is 10.7 Å². The molecule has 3 heterocycles. The maximum atomic E-state index is 13.2. The first kappa shape index (κ1) is 24.9. The molecule has 0 unspecified atom stereocenters. The number of nitrogens with zero attached hydrogens (tertiary/aromatic N) is 2. The van der Waals surface area contributed by atoms with Crippen molar-refractivity contribution in [3.63, 3.8) is 0 Å². The number of fused-ring (bicyclic) bond motifs is 1. The van der Waals surface area contributed by atoms with E-state index in [-0.39, 0.29) is 36.8 Å². The molecule has 0 saturated heterocycles. The predicted octanol–water partition coefficient (Wildman–Crippen LogP) is 3.58. The molecule has 0 atom stereocenters.